The third-order valence-electron chi connectivity index (χ3n) is 17.1. The molecule has 10 heteroatoms. The Morgan fingerprint density at radius 2 is 1.40 bits per heavy atom. The van der Waals surface area contributed by atoms with Crippen molar-refractivity contribution in [2.75, 3.05) is 0 Å². The predicted octanol–water partition coefficient (Wildman–Crippen LogP) is 10.4. The average molecular weight is 839 g/mol. The maximum atomic E-state index is 13.8. The number of rotatable bonds is 13. The molecule has 10 nitrogen and oxygen atoms in total. The van der Waals surface area contributed by atoms with Gasteiger partial charge in [-0.25, -0.2) is 0 Å². The van der Waals surface area contributed by atoms with Crippen molar-refractivity contribution in [1.29, 1.82) is 0 Å². The number of hydrogen-bond donors (Lipinski definition) is 1. The molecule has 4 saturated carbocycles. The van der Waals surface area contributed by atoms with E-state index >= 15 is 0 Å². The molecule has 9 atom stereocenters. The van der Waals surface area contributed by atoms with Crippen LogP contribution in [-0.2, 0) is 43.0 Å². The van der Waals surface area contributed by atoms with Crippen molar-refractivity contribution in [3.05, 3.63) is 11.1 Å². The molecule has 4 fully saturated rings. The first-order valence-electron chi connectivity index (χ1n) is 22.9. The number of esters is 3. The van der Waals surface area contributed by atoms with Crippen LogP contribution in [0, 0.1) is 61.6 Å². The fourth-order valence-electron chi connectivity index (χ4n) is 13.6. The van der Waals surface area contributed by atoms with Crippen LogP contribution < -0.4 is 0 Å². The Morgan fingerprint density at radius 1 is 0.767 bits per heavy atom. The molecule has 5 rings (SSSR count). The van der Waals surface area contributed by atoms with Crippen LogP contribution in [0.4, 0.5) is 0 Å². The van der Waals surface area contributed by atoms with Crippen LogP contribution in [0.25, 0.3) is 0 Å². The van der Waals surface area contributed by atoms with Crippen molar-refractivity contribution in [3.8, 4) is 0 Å². The van der Waals surface area contributed by atoms with Crippen molar-refractivity contribution in [3.63, 3.8) is 0 Å². The smallest absolute Gasteiger partial charge is 0.312 e. The third kappa shape index (κ3) is 8.29. The monoisotopic (exact) mass is 839 g/mol. The van der Waals surface area contributed by atoms with Gasteiger partial charge in [0.15, 0.2) is 5.78 Å². The Bertz CT molecular complexity index is 1790. The largest absolute Gasteiger partial charge is 0.481 e. The molecular weight excluding hydrogens is 761 g/mol. The molecule has 5 aliphatic carbocycles. The van der Waals surface area contributed by atoms with Gasteiger partial charge < -0.3 is 24.1 Å². The summed E-state index contributed by atoms with van der Waals surface area (Å²) in [5.41, 5.74) is -3.20. The summed E-state index contributed by atoms with van der Waals surface area (Å²) in [5.74, 6) is -1.48. The molecule has 9 unspecified atom stereocenters. The van der Waals surface area contributed by atoms with E-state index in [0.717, 1.165) is 63.2 Å². The van der Waals surface area contributed by atoms with Gasteiger partial charge in [0.25, 0.3) is 0 Å². The van der Waals surface area contributed by atoms with E-state index in [-0.39, 0.29) is 64.6 Å². The van der Waals surface area contributed by atoms with Gasteiger partial charge in [0.2, 0.25) is 0 Å². The van der Waals surface area contributed by atoms with Crippen LogP contribution in [-0.4, -0.2) is 58.4 Å². The Hall–Kier alpha value is -3.04. The van der Waals surface area contributed by atoms with E-state index in [2.05, 4.69) is 48.5 Å². The number of ketones is 1. The van der Waals surface area contributed by atoms with Crippen molar-refractivity contribution >= 4 is 35.9 Å². The van der Waals surface area contributed by atoms with Crippen molar-refractivity contribution < 1.29 is 48.1 Å². The lowest BCUT2D eigenvalue weighted by atomic mass is 9.33. The molecule has 0 aromatic carbocycles. The standard InChI is InChI=1S/C50H78O10/c1-30(2)38-32(52)26-50(29-51)25-24-48(14)31(39(38)50)16-17-34-47(13)20-19-35(45(10,11)33(47)18-21-49(34,48)15)58-37(55)28-43(6,7)40(56)60-44(8,9)22-23-46(12,27-36(53)54)41(57)59-42(3,4)5/h29-31,33-35H,16-28H2,1-15H3,(H,53,54). The minimum Gasteiger partial charge on any atom is -0.481 e. The molecule has 60 heavy (non-hydrogen) atoms. The van der Waals surface area contributed by atoms with Crippen LogP contribution in [0.15, 0.2) is 11.1 Å². The molecule has 1 N–H and O–H groups in total. The third-order valence-corrected chi connectivity index (χ3v) is 17.1. The van der Waals surface area contributed by atoms with E-state index in [1.54, 1.807) is 55.4 Å². The summed E-state index contributed by atoms with van der Waals surface area (Å²) < 4.78 is 17.9. The van der Waals surface area contributed by atoms with Gasteiger partial charge >= 0.3 is 23.9 Å². The van der Waals surface area contributed by atoms with E-state index in [1.807, 2.05) is 0 Å². The number of allylic oxidation sites excluding steroid dienone is 2. The number of aliphatic carboxylic acids is 1. The van der Waals surface area contributed by atoms with Gasteiger partial charge in [-0.05, 0) is 171 Å². The summed E-state index contributed by atoms with van der Waals surface area (Å²) in [5, 5.41) is 9.60. The van der Waals surface area contributed by atoms with Gasteiger partial charge in [-0.2, -0.15) is 0 Å². The van der Waals surface area contributed by atoms with Gasteiger partial charge in [-0.3, -0.25) is 24.0 Å². The second kappa shape index (κ2) is 15.6. The number of carboxylic acid groups (broad SMARTS) is 1. The maximum absolute atomic E-state index is 13.8. The first-order valence-corrected chi connectivity index (χ1v) is 22.9. The molecule has 0 amide bonds. The molecule has 0 saturated heterocycles. The first kappa shape index (κ1) is 48.0. The number of hydrogen-bond acceptors (Lipinski definition) is 9. The molecule has 0 radical (unpaired) electrons. The summed E-state index contributed by atoms with van der Waals surface area (Å²) in [6.07, 6.45) is 8.32. The lowest BCUT2D eigenvalue weighted by Gasteiger charge is -2.72. The second-order valence-corrected chi connectivity index (χ2v) is 24.2. The molecule has 0 spiro atoms. The summed E-state index contributed by atoms with van der Waals surface area (Å²) in [4.78, 5) is 78.7. The van der Waals surface area contributed by atoms with Crippen molar-refractivity contribution in [2.24, 2.45) is 61.6 Å². The number of fused-ring (bicyclic) bond motifs is 7. The minimum absolute atomic E-state index is 0.0199. The molecule has 0 aromatic heterocycles. The molecule has 0 bridgehead atoms. The van der Waals surface area contributed by atoms with Crippen LogP contribution in [0.2, 0.25) is 0 Å². The van der Waals surface area contributed by atoms with Crippen LogP contribution in [0.5, 0.6) is 0 Å². The van der Waals surface area contributed by atoms with E-state index in [0.29, 0.717) is 18.3 Å². The SMILES string of the molecule is CC(C)C1=C2C3CCC4C5(C)CCC(OC(=O)CC(C)(C)C(=O)OC(C)(C)CCC(C)(CC(=O)O)C(=O)OC(C)(C)C)C(C)(C)C5CCC4(C)C3(C)CCC2(C=O)CC1=O. The summed E-state index contributed by atoms with van der Waals surface area (Å²) in [7, 11) is 0. The Labute approximate surface area is 360 Å². The van der Waals surface area contributed by atoms with Crippen LogP contribution in [0.1, 0.15) is 187 Å². The number of aldehydes is 1. The molecule has 0 heterocycles. The van der Waals surface area contributed by atoms with E-state index < -0.39 is 57.7 Å². The average Bonchev–Trinajstić information content (AvgIpc) is 3.40. The lowest BCUT2D eigenvalue weighted by molar-refractivity contribution is -0.233. The zero-order valence-electron chi connectivity index (χ0n) is 39.8. The van der Waals surface area contributed by atoms with Gasteiger partial charge in [0.1, 0.15) is 23.6 Å². The van der Waals surface area contributed by atoms with Crippen molar-refractivity contribution in [2.45, 2.75) is 205 Å². The number of carbonyl (C=O) groups is 6. The fraction of sp³-hybridized carbons (Fsp3) is 0.840. The van der Waals surface area contributed by atoms with Gasteiger partial charge in [0, 0.05) is 11.8 Å². The molecule has 0 aromatic rings. The van der Waals surface area contributed by atoms with Crippen molar-refractivity contribution in [1.82, 2.24) is 0 Å². The van der Waals surface area contributed by atoms with E-state index in [9.17, 15) is 33.9 Å². The van der Waals surface area contributed by atoms with E-state index in [4.69, 9.17) is 14.2 Å². The van der Waals surface area contributed by atoms with Crippen LogP contribution in [0.3, 0.4) is 0 Å². The number of carbonyl (C=O) groups excluding carboxylic acids is 5. The highest BCUT2D eigenvalue weighted by molar-refractivity contribution is 6.04. The normalized spacial score (nSPS) is 35.0. The second-order valence-electron chi connectivity index (χ2n) is 24.2. The Balaban J connectivity index is 1.26. The van der Waals surface area contributed by atoms with Crippen LogP contribution >= 0.6 is 0 Å². The maximum Gasteiger partial charge on any atom is 0.312 e. The highest BCUT2D eigenvalue weighted by Crippen LogP contribution is 2.76. The predicted molar refractivity (Wildman–Crippen MR) is 229 cm³/mol. The highest BCUT2D eigenvalue weighted by Gasteiger charge is 2.70. The Morgan fingerprint density at radius 3 is 1.97 bits per heavy atom. The number of ether oxygens (including phenoxy) is 3. The molecule has 5 aliphatic rings. The summed E-state index contributed by atoms with van der Waals surface area (Å²) in [6.45, 7) is 29.7. The zero-order chi connectivity index (χ0) is 45.4. The quantitative estimate of drug-likeness (QED) is 0.108. The number of carboxylic acids is 1. The molecule has 0 aliphatic heterocycles. The lowest BCUT2D eigenvalue weighted by Crippen LogP contribution is -2.65. The summed E-state index contributed by atoms with van der Waals surface area (Å²) >= 11 is 0. The first-order chi connectivity index (χ1) is 27.2. The molecular formula is C50H78O10. The number of Topliss-reactive ketones (excluding diaryl/α,β-unsaturated/α-hetero) is 1. The van der Waals surface area contributed by atoms with Gasteiger partial charge in [-0.1, -0.05) is 48.5 Å². The Kier molecular flexibility index (Phi) is 12.5. The highest BCUT2D eigenvalue weighted by atomic mass is 16.6. The topological polar surface area (TPSA) is 150 Å². The fourth-order valence-corrected chi connectivity index (χ4v) is 13.6. The van der Waals surface area contributed by atoms with Gasteiger partial charge in [-0.15, -0.1) is 0 Å². The minimum atomic E-state index is -1.33. The zero-order valence-corrected chi connectivity index (χ0v) is 39.8. The van der Waals surface area contributed by atoms with E-state index in [1.165, 1.54) is 5.57 Å². The molecule has 338 valence electrons. The summed E-state index contributed by atoms with van der Waals surface area (Å²) in [6, 6.07) is 0. The van der Waals surface area contributed by atoms with Gasteiger partial charge in [0.05, 0.1) is 29.1 Å².